The molecule has 0 bridgehead atoms. The number of nitrogens with two attached hydrogens (primary N) is 2. The molecular formula is C11H11ClN4. The Morgan fingerprint density at radius 1 is 1.25 bits per heavy atom. The van der Waals surface area contributed by atoms with E-state index in [1.807, 2.05) is 18.2 Å². The summed E-state index contributed by atoms with van der Waals surface area (Å²) in [6, 6.07) is 6.84. The van der Waals surface area contributed by atoms with E-state index in [9.17, 15) is 0 Å². The van der Waals surface area contributed by atoms with Crippen molar-refractivity contribution in [2.45, 2.75) is 6.04 Å². The van der Waals surface area contributed by atoms with Crippen LogP contribution in [0.2, 0.25) is 5.02 Å². The van der Waals surface area contributed by atoms with Crippen molar-refractivity contribution < 1.29 is 0 Å². The van der Waals surface area contributed by atoms with E-state index in [0.717, 1.165) is 5.69 Å². The van der Waals surface area contributed by atoms with E-state index in [4.69, 9.17) is 23.1 Å². The standard InChI is InChI=1S/C11H11ClN4/c12-7-5-8(11(14)16-6-7)10(13)9-3-1-2-4-15-9/h1-6,10H,13H2,(H2,14,16). The van der Waals surface area contributed by atoms with Gasteiger partial charge in [-0.25, -0.2) is 4.98 Å². The molecule has 1 atom stereocenters. The molecule has 0 radical (unpaired) electrons. The van der Waals surface area contributed by atoms with Crippen LogP contribution >= 0.6 is 11.6 Å². The SMILES string of the molecule is Nc1ncc(Cl)cc1C(N)c1ccccn1. The lowest BCUT2D eigenvalue weighted by atomic mass is 10.1. The second-order valence-corrected chi connectivity index (χ2v) is 3.80. The molecule has 1 unspecified atom stereocenters. The van der Waals surface area contributed by atoms with Crippen molar-refractivity contribution in [2.75, 3.05) is 5.73 Å². The van der Waals surface area contributed by atoms with Crippen molar-refractivity contribution in [3.05, 3.63) is 52.9 Å². The minimum Gasteiger partial charge on any atom is -0.383 e. The molecule has 4 nitrogen and oxygen atoms in total. The molecule has 4 N–H and O–H groups in total. The molecule has 0 fully saturated rings. The minimum atomic E-state index is -0.410. The van der Waals surface area contributed by atoms with Crippen LogP contribution in [0.25, 0.3) is 0 Å². The highest BCUT2D eigenvalue weighted by Crippen LogP contribution is 2.24. The second-order valence-electron chi connectivity index (χ2n) is 3.36. The van der Waals surface area contributed by atoms with Gasteiger partial charge in [-0.05, 0) is 18.2 Å². The Hall–Kier alpha value is -1.65. The van der Waals surface area contributed by atoms with E-state index in [1.54, 1.807) is 12.3 Å². The van der Waals surface area contributed by atoms with Crippen LogP contribution in [0.15, 0.2) is 36.7 Å². The van der Waals surface area contributed by atoms with Gasteiger partial charge in [0.25, 0.3) is 0 Å². The Labute approximate surface area is 98.3 Å². The Morgan fingerprint density at radius 2 is 2.06 bits per heavy atom. The van der Waals surface area contributed by atoms with Gasteiger partial charge in [-0.1, -0.05) is 17.7 Å². The monoisotopic (exact) mass is 234 g/mol. The Kier molecular flexibility index (Phi) is 3.03. The molecule has 0 spiro atoms. The Morgan fingerprint density at radius 3 is 2.75 bits per heavy atom. The number of hydrogen-bond donors (Lipinski definition) is 2. The first-order valence-electron chi connectivity index (χ1n) is 4.76. The number of nitrogen functional groups attached to an aromatic ring is 1. The summed E-state index contributed by atoms with van der Waals surface area (Å²) in [7, 11) is 0. The number of rotatable bonds is 2. The molecule has 0 aliphatic heterocycles. The van der Waals surface area contributed by atoms with Gasteiger partial charge in [-0.3, -0.25) is 4.98 Å². The van der Waals surface area contributed by atoms with Crippen LogP contribution in [-0.4, -0.2) is 9.97 Å². The summed E-state index contributed by atoms with van der Waals surface area (Å²) >= 11 is 5.85. The first-order valence-corrected chi connectivity index (χ1v) is 5.13. The van der Waals surface area contributed by atoms with Gasteiger partial charge in [0.15, 0.2) is 0 Å². The van der Waals surface area contributed by atoms with E-state index in [1.165, 1.54) is 6.20 Å². The first kappa shape index (κ1) is 10.9. The molecule has 2 aromatic rings. The zero-order valence-electron chi connectivity index (χ0n) is 8.47. The topological polar surface area (TPSA) is 77.8 Å². The summed E-state index contributed by atoms with van der Waals surface area (Å²) in [5.41, 5.74) is 13.2. The zero-order chi connectivity index (χ0) is 11.5. The minimum absolute atomic E-state index is 0.377. The van der Waals surface area contributed by atoms with Crippen LogP contribution in [0, 0.1) is 0 Å². The van der Waals surface area contributed by atoms with Crippen LogP contribution in [0.5, 0.6) is 0 Å². The van der Waals surface area contributed by atoms with E-state index < -0.39 is 6.04 Å². The largest absolute Gasteiger partial charge is 0.383 e. The van der Waals surface area contributed by atoms with Crippen LogP contribution in [0.4, 0.5) is 5.82 Å². The highest BCUT2D eigenvalue weighted by Gasteiger charge is 2.14. The van der Waals surface area contributed by atoms with Crippen LogP contribution in [0.3, 0.4) is 0 Å². The molecule has 2 aromatic heterocycles. The normalized spacial score (nSPS) is 12.4. The molecule has 2 heterocycles. The number of hydrogen-bond acceptors (Lipinski definition) is 4. The van der Waals surface area contributed by atoms with Gasteiger partial charge in [0.2, 0.25) is 0 Å². The highest BCUT2D eigenvalue weighted by atomic mass is 35.5. The third-order valence-electron chi connectivity index (χ3n) is 2.26. The van der Waals surface area contributed by atoms with Gasteiger partial charge in [0, 0.05) is 18.0 Å². The number of aromatic nitrogens is 2. The van der Waals surface area contributed by atoms with Crippen molar-refractivity contribution in [2.24, 2.45) is 5.73 Å². The molecule has 0 saturated carbocycles. The van der Waals surface area contributed by atoms with Gasteiger partial charge in [0.05, 0.1) is 16.8 Å². The fraction of sp³-hybridized carbons (Fsp3) is 0.0909. The third-order valence-corrected chi connectivity index (χ3v) is 2.46. The predicted molar refractivity (Wildman–Crippen MR) is 63.9 cm³/mol. The predicted octanol–water partition coefficient (Wildman–Crippen LogP) is 1.76. The maximum atomic E-state index is 6.04. The van der Waals surface area contributed by atoms with Gasteiger partial charge in [-0.15, -0.1) is 0 Å². The molecule has 5 heteroatoms. The van der Waals surface area contributed by atoms with Crippen LogP contribution < -0.4 is 11.5 Å². The van der Waals surface area contributed by atoms with Crippen molar-refractivity contribution in [3.63, 3.8) is 0 Å². The van der Waals surface area contributed by atoms with Gasteiger partial charge in [-0.2, -0.15) is 0 Å². The molecule has 0 aliphatic carbocycles. The third kappa shape index (κ3) is 2.13. The van der Waals surface area contributed by atoms with E-state index >= 15 is 0 Å². The van der Waals surface area contributed by atoms with E-state index in [2.05, 4.69) is 9.97 Å². The average Bonchev–Trinajstić information content (AvgIpc) is 2.32. The lowest BCUT2D eigenvalue weighted by molar-refractivity contribution is 0.826. The molecule has 82 valence electrons. The Balaban J connectivity index is 2.41. The number of nitrogens with zero attached hydrogens (tertiary/aromatic N) is 2. The van der Waals surface area contributed by atoms with Crippen molar-refractivity contribution in [1.82, 2.24) is 9.97 Å². The van der Waals surface area contributed by atoms with Gasteiger partial charge < -0.3 is 11.5 Å². The van der Waals surface area contributed by atoms with Gasteiger partial charge in [0.1, 0.15) is 5.82 Å². The summed E-state index contributed by atoms with van der Waals surface area (Å²) in [5.74, 6) is 0.377. The van der Waals surface area contributed by atoms with Crippen LogP contribution in [-0.2, 0) is 0 Å². The summed E-state index contributed by atoms with van der Waals surface area (Å²) in [5, 5.41) is 0.510. The molecular weight excluding hydrogens is 224 g/mol. The first-order chi connectivity index (χ1) is 7.68. The zero-order valence-corrected chi connectivity index (χ0v) is 9.22. The van der Waals surface area contributed by atoms with Crippen molar-refractivity contribution in [3.8, 4) is 0 Å². The fourth-order valence-corrected chi connectivity index (χ4v) is 1.60. The van der Waals surface area contributed by atoms with Crippen molar-refractivity contribution in [1.29, 1.82) is 0 Å². The molecule has 0 aliphatic rings. The smallest absolute Gasteiger partial charge is 0.128 e. The molecule has 0 aromatic carbocycles. The summed E-state index contributed by atoms with van der Waals surface area (Å²) in [6.45, 7) is 0. The lowest BCUT2D eigenvalue weighted by Crippen LogP contribution is -2.15. The molecule has 16 heavy (non-hydrogen) atoms. The maximum absolute atomic E-state index is 6.04. The van der Waals surface area contributed by atoms with E-state index in [-0.39, 0.29) is 0 Å². The molecule has 0 amide bonds. The fourth-order valence-electron chi connectivity index (χ4n) is 1.43. The highest BCUT2D eigenvalue weighted by molar-refractivity contribution is 6.30. The van der Waals surface area contributed by atoms with Gasteiger partial charge >= 0.3 is 0 Å². The lowest BCUT2D eigenvalue weighted by Gasteiger charge is -2.13. The summed E-state index contributed by atoms with van der Waals surface area (Å²) in [6.07, 6.45) is 3.18. The number of anilines is 1. The van der Waals surface area contributed by atoms with Crippen LogP contribution in [0.1, 0.15) is 17.3 Å². The summed E-state index contributed by atoms with van der Waals surface area (Å²) < 4.78 is 0. The number of pyridine rings is 2. The van der Waals surface area contributed by atoms with Crippen molar-refractivity contribution >= 4 is 17.4 Å². The molecule has 2 rings (SSSR count). The molecule has 0 saturated heterocycles. The maximum Gasteiger partial charge on any atom is 0.128 e. The quantitative estimate of drug-likeness (QED) is 0.830. The van der Waals surface area contributed by atoms with E-state index in [0.29, 0.717) is 16.4 Å². The number of halogens is 1. The average molecular weight is 235 g/mol. The second kappa shape index (κ2) is 4.47. The summed E-state index contributed by atoms with van der Waals surface area (Å²) in [4.78, 5) is 8.14. The Bertz CT molecular complexity index is 487.